The number of methoxy groups -OCH3 is 1. The molecule has 2 aromatic carbocycles. The van der Waals surface area contributed by atoms with Crippen LogP contribution in [0.1, 0.15) is 44.9 Å². The quantitative estimate of drug-likeness (QED) is 0.380. The first-order valence-corrected chi connectivity index (χ1v) is 14.0. The van der Waals surface area contributed by atoms with E-state index < -0.39 is 12.0 Å². The van der Waals surface area contributed by atoms with E-state index in [0.29, 0.717) is 26.4 Å². The van der Waals surface area contributed by atoms with E-state index in [2.05, 4.69) is 23.7 Å². The highest BCUT2D eigenvalue weighted by Crippen LogP contribution is 2.32. The number of rotatable bonds is 9. The Kier molecular flexibility index (Phi) is 8.60. The van der Waals surface area contributed by atoms with Crippen molar-refractivity contribution in [2.75, 3.05) is 50.7 Å². The second kappa shape index (κ2) is 11.9. The summed E-state index contributed by atoms with van der Waals surface area (Å²) in [4.78, 5) is 36.5. The molecule has 4 rings (SSSR count). The number of nitrogens with zero attached hydrogens (tertiary/aromatic N) is 4. The molecule has 0 fully saturated rings. The minimum Gasteiger partial charge on any atom is -0.496 e. The molecule has 8 nitrogen and oxygen atoms in total. The van der Waals surface area contributed by atoms with Gasteiger partial charge in [0, 0.05) is 50.2 Å². The van der Waals surface area contributed by atoms with Crippen LogP contribution in [0.3, 0.4) is 0 Å². The van der Waals surface area contributed by atoms with E-state index in [4.69, 9.17) is 9.47 Å². The van der Waals surface area contributed by atoms with Gasteiger partial charge in [0.05, 0.1) is 35.6 Å². The van der Waals surface area contributed by atoms with Gasteiger partial charge in [-0.3, -0.25) is 9.36 Å². The highest BCUT2D eigenvalue weighted by Gasteiger charge is 2.33. The molecular weight excluding hydrogens is 512 g/mol. The van der Waals surface area contributed by atoms with E-state index in [-0.39, 0.29) is 12.2 Å². The Morgan fingerprint density at radius 3 is 2.33 bits per heavy atom. The lowest BCUT2D eigenvalue weighted by Crippen LogP contribution is -2.40. The van der Waals surface area contributed by atoms with Gasteiger partial charge < -0.3 is 19.3 Å². The molecule has 0 spiro atoms. The molecule has 0 amide bonds. The number of hydrogen-bond acceptors (Lipinski definition) is 8. The predicted octanol–water partition coefficient (Wildman–Crippen LogP) is 3.72. The van der Waals surface area contributed by atoms with Gasteiger partial charge in [0.25, 0.3) is 5.56 Å². The summed E-state index contributed by atoms with van der Waals surface area (Å²) in [6, 6.07) is 13.2. The second-order valence-electron chi connectivity index (χ2n) is 9.39. The van der Waals surface area contributed by atoms with Gasteiger partial charge in [-0.05, 0) is 63.6 Å². The van der Waals surface area contributed by atoms with E-state index in [0.717, 1.165) is 35.6 Å². The molecule has 0 bridgehead atoms. The van der Waals surface area contributed by atoms with Gasteiger partial charge in [0.1, 0.15) is 5.75 Å². The Labute approximate surface area is 233 Å². The van der Waals surface area contributed by atoms with Crippen LogP contribution in [0.5, 0.6) is 5.75 Å². The summed E-state index contributed by atoms with van der Waals surface area (Å²) in [5.74, 6) is 0.216. The molecule has 0 aliphatic carbocycles. The fourth-order valence-corrected chi connectivity index (χ4v) is 5.84. The fourth-order valence-electron chi connectivity index (χ4n) is 4.81. The zero-order valence-electron chi connectivity index (χ0n) is 23.6. The molecule has 1 unspecified atom stereocenters. The SMILES string of the molecule is CCOC(=O)C1=C(C)N=c2s/c(=C\c3ccc(N(CC)CC)cc3OC)c(=O)n2C1c1ccc(N(C)C)cc1. The van der Waals surface area contributed by atoms with E-state index in [1.165, 1.54) is 11.3 Å². The smallest absolute Gasteiger partial charge is 0.338 e. The van der Waals surface area contributed by atoms with Crippen LogP contribution < -0.4 is 29.4 Å². The van der Waals surface area contributed by atoms with Crippen LogP contribution in [-0.4, -0.2) is 51.4 Å². The summed E-state index contributed by atoms with van der Waals surface area (Å²) in [7, 11) is 5.57. The van der Waals surface area contributed by atoms with Crippen molar-refractivity contribution in [2.45, 2.75) is 33.7 Å². The lowest BCUT2D eigenvalue weighted by Gasteiger charge is -2.25. The number of ether oxygens (including phenoxy) is 2. The first-order valence-electron chi connectivity index (χ1n) is 13.1. The Morgan fingerprint density at radius 1 is 1.08 bits per heavy atom. The molecule has 1 aliphatic rings. The number of allylic oxidation sites excluding steroid dienone is 1. The van der Waals surface area contributed by atoms with E-state index in [1.54, 1.807) is 25.5 Å². The minimum absolute atomic E-state index is 0.218. The molecule has 39 heavy (non-hydrogen) atoms. The Balaban J connectivity index is 1.89. The Morgan fingerprint density at radius 2 is 1.74 bits per heavy atom. The fraction of sp³-hybridized carbons (Fsp3) is 0.367. The monoisotopic (exact) mass is 548 g/mol. The maximum Gasteiger partial charge on any atom is 0.338 e. The third-order valence-electron chi connectivity index (χ3n) is 6.87. The summed E-state index contributed by atoms with van der Waals surface area (Å²) in [5.41, 5.74) is 4.39. The number of aromatic nitrogens is 1. The number of carbonyl (C=O) groups is 1. The van der Waals surface area contributed by atoms with Crippen LogP contribution in [0.4, 0.5) is 11.4 Å². The summed E-state index contributed by atoms with van der Waals surface area (Å²) in [6.45, 7) is 9.78. The summed E-state index contributed by atoms with van der Waals surface area (Å²) in [5, 5.41) is 0. The molecule has 0 saturated heterocycles. The molecular formula is C30H36N4O4S. The molecule has 0 saturated carbocycles. The number of thiazole rings is 1. The number of benzene rings is 2. The molecule has 1 atom stereocenters. The van der Waals surface area contributed by atoms with Crippen molar-refractivity contribution in [3.05, 3.63) is 84.5 Å². The maximum atomic E-state index is 13.9. The molecule has 1 aromatic heterocycles. The zero-order valence-corrected chi connectivity index (χ0v) is 24.5. The standard InChI is InChI=1S/C30H36N4O4S/c1-8-33(9-2)23-16-13-21(24(18-23)37-7)17-25-28(35)34-27(20-11-14-22(15-12-20)32(5)6)26(29(36)38-10-3)19(4)31-30(34)39-25/h11-18,27H,8-10H2,1-7H3/b25-17-. The van der Waals surface area contributed by atoms with Gasteiger partial charge >= 0.3 is 5.97 Å². The normalized spacial score (nSPS) is 15.1. The zero-order chi connectivity index (χ0) is 28.3. The second-order valence-corrected chi connectivity index (χ2v) is 10.4. The molecule has 2 heterocycles. The number of fused-ring (bicyclic) bond motifs is 1. The molecule has 206 valence electrons. The van der Waals surface area contributed by atoms with Crippen LogP contribution in [0.2, 0.25) is 0 Å². The lowest BCUT2D eigenvalue weighted by atomic mass is 9.95. The third-order valence-corrected chi connectivity index (χ3v) is 7.86. The van der Waals surface area contributed by atoms with Crippen molar-refractivity contribution in [3.63, 3.8) is 0 Å². The number of esters is 1. The number of hydrogen-bond donors (Lipinski definition) is 0. The number of anilines is 2. The largest absolute Gasteiger partial charge is 0.496 e. The molecule has 1 aliphatic heterocycles. The Bertz CT molecular complexity index is 1560. The first-order chi connectivity index (χ1) is 18.7. The van der Waals surface area contributed by atoms with Crippen molar-refractivity contribution >= 4 is 34.8 Å². The van der Waals surface area contributed by atoms with Gasteiger partial charge in [-0.1, -0.05) is 23.5 Å². The van der Waals surface area contributed by atoms with Crippen LogP contribution in [0.15, 0.2) is 63.5 Å². The maximum absolute atomic E-state index is 13.9. The summed E-state index contributed by atoms with van der Waals surface area (Å²) in [6.07, 6.45) is 1.84. The van der Waals surface area contributed by atoms with Gasteiger partial charge in [0.15, 0.2) is 4.80 Å². The average molecular weight is 549 g/mol. The highest BCUT2D eigenvalue weighted by atomic mass is 32.1. The van der Waals surface area contributed by atoms with Crippen LogP contribution in [0, 0.1) is 0 Å². The molecule has 3 aromatic rings. The molecule has 0 radical (unpaired) electrons. The van der Waals surface area contributed by atoms with Gasteiger partial charge in [-0.25, -0.2) is 9.79 Å². The van der Waals surface area contributed by atoms with Crippen molar-refractivity contribution < 1.29 is 14.3 Å². The Hall–Kier alpha value is -3.85. The van der Waals surface area contributed by atoms with Crippen molar-refractivity contribution in [1.29, 1.82) is 0 Å². The van der Waals surface area contributed by atoms with Gasteiger partial charge in [0.2, 0.25) is 0 Å². The van der Waals surface area contributed by atoms with Crippen molar-refractivity contribution in [2.24, 2.45) is 4.99 Å². The van der Waals surface area contributed by atoms with Crippen LogP contribution in [-0.2, 0) is 9.53 Å². The van der Waals surface area contributed by atoms with E-state index in [9.17, 15) is 9.59 Å². The lowest BCUT2D eigenvalue weighted by molar-refractivity contribution is -0.139. The number of carbonyl (C=O) groups excluding carboxylic acids is 1. The highest BCUT2D eigenvalue weighted by molar-refractivity contribution is 7.07. The van der Waals surface area contributed by atoms with Gasteiger partial charge in [-0.2, -0.15) is 0 Å². The topological polar surface area (TPSA) is 76.4 Å². The summed E-state index contributed by atoms with van der Waals surface area (Å²) < 4.78 is 13.2. The van der Waals surface area contributed by atoms with Gasteiger partial charge in [-0.15, -0.1) is 0 Å². The van der Waals surface area contributed by atoms with Crippen molar-refractivity contribution in [3.8, 4) is 5.75 Å². The minimum atomic E-state index is -0.648. The summed E-state index contributed by atoms with van der Waals surface area (Å²) >= 11 is 1.30. The third kappa shape index (κ3) is 5.49. The van der Waals surface area contributed by atoms with E-state index in [1.807, 2.05) is 67.5 Å². The average Bonchev–Trinajstić information content (AvgIpc) is 3.23. The predicted molar refractivity (Wildman–Crippen MR) is 158 cm³/mol. The van der Waals surface area contributed by atoms with Crippen LogP contribution in [0.25, 0.3) is 6.08 Å². The first kappa shape index (κ1) is 28.2. The van der Waals surface area contributed by atoms with Crippen molar-refractivity contribution in [1.82, 2.24) is 4.57 Å². The molecule has 9 heteroatoms. The molecule has 0 N–H and O–H groups in total. The van der Waals surface area contributed by atoms with Crippen LogP contribution >= 0.6 is 11.3 Å². The van der Waals surface area contributed by atoms with E-state index >= 15 is 0 Å².